The minimum absolute atomic E-state index is 0.127. The van der Waals surface area contributed by atoms with Crippen LogP contribution in [0.2, 0.25) is 0 Å². The highest BCUT2D eigenvalue weighted by atomic mass is 19.1. The van der Waals surface area contributed by atoms with Crippen molar-refractivity contribution in [2.75, 3.05) is 33.0 Å². The molecule has 0 saturated carbocycles. The minimum Gasteiger partial charge on any atom is -0.497 e. The number of amides is 1. The van der Waals surface area contributed by atoms with E-state index in [1.165, 1.54) is 0 Å². The normalized spacial score (nSPS) is 15.6. The number of pyridine rings is 1. The molecule has 1 unspecified atom stereocenters. The summed E-state index contributed by atoms with van der Waals surface area (Å²) in [6.07, 6.45) is 1.24. The quantitative estimate of drug-likeness (QED) is 0.568. The van der Waals surface area contributed by atoms with E-state index < -0.39 is 17.5 Å². The second-order valence-corrected chi connectivity index (χ2v) is 9.23. The predicted octanol–water partition coefficient (Wildman–Crippen LogP) is 3.75. The van der Waals surface area contributed by atoms with Crippen molar-refractivity contribution in [1.29, 1.82) is 0 Å². The molecule has 1 aliphatic heterocycles. The van der Waals surface area contributed by atoms with Crippen LogP contribution < -0.4 is 15.2 Å². The van der Waals surface area contributed by atoms with Gasteiger partial charge in [-0.25, -0.2) is 14.2 Å². The van der Waals surface area contributed by atoms with Crippen LogP contribution in [0.4, 0.5) is 15.0 Å². The lowest BCUT2D eigenvalue weighted by Gasteiger charge is -2.24. The molecule has 9 nitrogen and oxygen atoms in total. The van der Waals surface area contributed by atoms with Crippen molar-refractivity contribution in [3.05, 3.63) is 41.5 Å². The fourth-order valence-electron chi connectivity index (χ4n) is 3.95. The van der Waals surface area contributed by atoms with Crippen LogP contribution in [0.3, 0.4) is 0 Å². The first-order chi connectivity index (χ1) is 16.6. The van der Waals surface area contributed by atoms with Gasteiger partial charge in [0, 0.05) is 24.7 Å². The zero-order valence-electron chi connectivity index (χ0n) is 20.4. The SMILES string of the molecule is COc1cc(C#Cc2nn(C3CCN(C(=O)OC(C)(C)C)C3)c3c(F)cnc(N)c23)cc(OC)c1. The molecular formula is C25H28FN5O4. The number of aromatic nitrogens is 3. The lowest BCUT2D eigenvalue weighted by atomic mass is 10.1. The van der Waals surface area contributed by atoms with Crippen molar-refractivity contribution >= 4 is 22.8 Å². The van der Waals surface area contributed by atoms with E-state index in [0.29, 0.717) is 47.7 Å². The lowest BCUT2D eigenvalue weighted by molar-refractivity contribution is 0.0288. The molecule has 1 aliphatic rings. The van der Waals surface area contributed by atoms with E-state index in [2.05, 4.69) is 21.9 Å². The van der Waals surface area contributed by atoms with Gasteiger partial charge >= 0.3 is 6.09 Å². The van der Waals surface area contributed by atoms with Gasteiger partial charge in [-0.05, 0) is 45.2 Å². The van der Waals surface area contributed by atoms with Gasteiger partial charge in [0.15, 0.2) is 5.82 Å². The molecule has 0 radical (unpaired) electrons. The Morgan fingerprint density at radius 3 is 2.49 bits per heavy atom. The Labute approximate surface area is 203 Å². The average Bonchev–Trinajstić information content (AvgIpc) is 3.44. The van der Waals surface area contributed by atoms with E-state index in [9.17, 15) is 9.18 Å². The molecule has 1 saturated heterocycles. The molecule has 10 heteroatoms. The van der Waals surface area contributed by atoms with Crippen LogP contribution in [0.15, 0.2) is 24.4 Å². The number of ether oxygens (including phenoxy) is 3. The minimum atomic E-state index is -0.606. The first-order valence-corrected chi connectivity index (χ1v) is 11.1. The molecule has 3 heterocycles. The van der Waals surface area contributed by atoms with E-state index in [0.717, 1.165) is 6.20 Å². The summed E-state index contributed by atoms with van der Waals surface area (Å²) < 4.78 is 32.6. The molecule has 3 aromatic rings. The number of hydrogen-bond donors (Lipinski definition) is 1. The van der Waals surface area contributed by atoms with Gasteiger partial charge in [-0.2, -0.15) is 5.10 Å². The van der Waals surface area contributed by atoms with Crippen LogP contribution in [0.1, 0.15) is 44.5 Å². The maximum Gasteiger partial charge on any atom is 0.410 e. The summed E-state index contributed by atoms with van der Waals surface area (Å²) >= 11 is 0. The molecule has 1 amide bonds. The van der Waals surface area contributed by atoms with E-state index in [-0.39, 0.29) is 17.4 Å². The summed E-state index contributed by atoms with van der Waals surface area (Å²) in [5, 5.41) is 4.94. The number of carbonyl (C=O) groups excluding carboxylic acids is 1. The Morgan fingerprint density at radius 1 is 1.17 bits per heavy atom. The largest absolute Gasteiger partial charge is 0.497 e. The van der Waals surface area contributed by atoms with Crippen LogP contribution in [-0.4, -0.2) is 58.7 Å². The number of carbonyl (C=O) groups is 1. The Kier molecular flexibility index (Phi) is 6.43. The fourth-order valence-corrected chi connectivity index (χ4v) is 3.95. The number of nitrogen functional groups attached to an aromatic ring is 1. The zero-order chi connectivity index (χ0) is 25.3. The number of nitrogens with zero attached hydrogens (tertiary/aromatic N) is 4. The van der Waals surface area contributed by atoms with Crippen molar-refractivity contribution in [2.45, 2.75) is 38.8 Å². The van der Waals surface area contributed by atoms with Gasteiger partial charge in [-0.1, -0.05) is 5.92 Å². The standard InChI is InChI=1S/C25H28FN5O4/c1-25(2,3)35-24(32)30-9-8-16(14-30)31-22-19(26)13-28-23(27)21(22)20(29-31)7-6-15-10-17(33-4)12-18(11-15)34-5/h10-13,16H,8-9,14H2,1-5H3,(H2,27,28). The van der Waals surface area contributed by atoms with Crippen molar-refractivity contribution in [3.63, 3.8) is 0 Å². The summed E-state index contributed by atoms with van der Waals surface area (Å²) in [4.78, 5) is 18.1. The zero-order valence-corrected chi connectivity index (χ0v) is 20.4. The topological polar surface area (TPSA) is 105 Å². The highest BCUT2D eigenvalue weighted by Gasteiger charge is 2.33. The van der Waals surface area contributed by atoms with Gasteiger partial charge in [-0.3, -0.25) is 4.68 Å². The van der Waals surface area contributed by atoms with Crippen LogP contribution in [0.5, 0.6) is 11.5 Å². The summed E-state index contributed by atoms with van der Waals surface area (Å²) in [5.74, 6) is 6.77. The maximum absolute atomic E-state index is 15.0. The number of anilines is 1. The highest BCUT2D eigenvalue weighted by Crippen LogP contribution is 2.32. The summed E-state index contributed by atoms with van der Waals surface area (Å²) in [5.41, 5.74) is 6.65. The summed E-state index contributed by atoms with van der Waals surface area (Å²) in [6.45, 7) is 6.23. The van der Waals surface area contributed by atoms with Gasteiger partial charge < -0.3 is 24.8 Å². The molecule has 184 valence electrons. The van der Waals surface area contributed by atoms with Gasteiger partial charge in [-0.15, -0.1) is 0 Å². The van der Waals surface area contributed by atoms with E-state index in [1.54, 1.807) is 42.0 Å². The predicted molar refractivity (Wildman–Crippen MR) is 129 cm³/mol. The number of hydrogen-bond acceptors (Lipinski definition) is 7. The van der Waals surface area contributed by atoms with Crippen molar-refractivity contribution in [1.82, 2.24) is 19.7 Å². The average molecular weight is 482 g/mol. The Hall–Kier alpha value is -4.00. The van der Waals surface area contributed by atoms with Gasteiger partial charge in [0.05, 0.1) is 31.8 Å². The van der Waals surface area contributed by atoms with Gasteiger partial charge in [0.1, 0.15) is 34.1 Å². The monoisotopic (exact) mass is 481 g/mol. The lowest BCUT2D eigenvalue weighted by Crippen LogP contribution is -2.35. The number of halogens is 1. The van der Waals surface area contributed by atoms with Crippen molar-refractivity contribution in [3.8, 4) is 23.3 Å². The number of likely N-dealkylation sites (tertiary alicyclic amines) is 1. The second kappa shape index (κ2) is 9.33. The third-order valence-electron chi connectivity index (χ3n) is 5.55. The third kappa shape index (κ3) is 5.09. The van der Waals surface area contributed by atoms with Crippen LogP contribution in [0.25, 0.3) is 10.9 Å². The Bertz CT molecular complexity index is 1310. The van der Waals surface area contributed by atoms with Crippen LogP contribution in [-0.2, 0) is 4.74 Å². The molecule has 2 N–H and O–H groups in total. The third-order valence-corrected chi connectivity index (χ3v) is 5.55. The maximum atomic E-state index is 15.0. The van der Waals surface area contributed by atoms with Gasteiger partial charge in [0.2, 0.25) is 0 Å². The number of benzene rings is 1. The summed E-state index contributed by atoms with van der Waals surface area (Å²) in [6, 6.07) is 4.98. The molecule has 2 aromatic heterocycles. The highest BCUT2D eigenvalue weighted by molar-refractivity contribution is 5.93. The molecule has 1 fully saturated rings. The number of rotatable bonds is 3. The molecule has 0 spiro atoms. The van der Waals surface area contributed by atoms with Gasteiger partial charge in [0.25, 0.3) is 0 Å². The summed E-state index contributed by atoms with van der Waals surface area (Å²) in [7, 11) is 3.11. The molecule has 0 bridgehead atoms. The fraction of sp³-hybridized carbons (Fsp3) is 0.400. The molecule has 4 rings (SSSR count). The number of fused-ring (bicyclic) bond motifs is 1. The molecular weight excluding hydrogens is 453 g/mol. The molecule has 1 atom stereocenters. The molecule has 35 heavy (non-hydrogen) atoms. The van der Waals surface area contributed by atoms with Crippen LogP contribution in [0, 0.1) is 17.7 Å². The first kappa shape index (κ1) is 24.1. The second-order valence-electron chi connectivity index (χ2n) is 9.23. The van der Waals surface area contributed by atoms with E-state index >= 15 is 0 Å². The number of methoxy groups -OCH3 is 2. The number of nitrogens with two attached hydrogens (primary N) is 1. The Balaban J connectivity index is 1.72. The Morgan fingerprint density at radius 2 is 1.86 bits per heavy atom. The van der Waals surface area contributed by atoms with Crippen molar-refractivity contribution < 1.29 is 23.4 Å². The molecule has 1 aromatic carbocycles. The van der Waals surface area contributed by atoms with E-state index in [4.69, 9.17) is 19.9 Å². The van der Waals surface area contributed by atoms with Crippen LogP contribution >= 0.6 is 0 Å². The smallest absolute Gasteiger partial charge is 0.410 e. The van der Waals surface area contributed by atoms with Crippen molar-refractivity contribution in [2.24, 2.45) is 0 Å². The molecule has 0 aliphatic carbocycles. The first-order valence-electron chi connectivity index (χ1n) is 11.1. The van der Waals surface area contributed by atoms with E-state index in [1.807, 2.05) is 20.8 Å².